The number of carboxylic acids is 1. The average Bonchev–Trinajstić information content (AvgIpc) is 2.29. The van der Waals surface area contributed by atoms with Crippen LogP contribution in [-0.4, -0.2) is 21.8 Å². The van der Waals surface area contributed by atoms with Crippen molar-refractivity contribution >= 4 is 28.6 Å². The van der Waals surface area contributed by atoms with Gasteiger partial charge in [0, 0.05) is 22.2 Å². The molecule has 0 bridgehead atoms. The summed E-state index contributed by atoms with van der Waals surface area (Å²) in [7, 11) is 0. The standard InChI is InChI=1S/C12H10FNO2S/c13-8-1-2-10-9(7-8)11(3-5-14-10)17-6-4-12(15)16/h1-3,5,7H,4,6H2,(H,15,16). The van der Waals surface area contributed by atoms with E-state index in [1.165, 1.54) is 23.9 Å². The quantitative estimate of drug-likeness (QED) is 0.849. The molecule has 1 N–H and O–H groups in total. The van der Waals surface area contributed by atoms with Gasteiger partial charge in [-0.05, 0) is 24.3 Å². The third kappa shape index (κ3) is 2.94. The van der Waals surface area contributed by atoms with Crippen molar-refractivity contribution in [2.24, 2.45) is 0 Å². The zero-order valence-corrected chi connectivity index (χ0v) is 9.71. The molecule has 17 heavy (non-hydrogen) atoms. The first kappa shape index (κ1) is 11.9. The number of pyridine rings is 1. The van der Waals surface area contributed by atoms with Gasteiger partial charge in [-0.15, -0.1) is 11.8 Å². The van der Waals surface area contributed by atoms with Gasteiger partial charge >= 0.3 is 5.97 Å². The summed E-state index contributed by atoms with van der Waals surface area (Å²) in [5, 5.41) is 9.29. The van der Waals surface area contributed by atoms with E-state index >= 15 is 0 Å². The lowest BCUT2D eigenvalue weighted by atomic mass is 10.2. The van der Waals surface area contributed by atoms with Gasteiger partial charge in [0.25, 0.3) is 0 Å². The highest BCUT2D eigenvalue weighted by Crippen LogP contribution is 2.27. The maximum Gasteiger partial charge on any atom is 0.304 e. The number of carbonyl (C=O) groups is 1. The molecule has 0 aliphatic rings. The van der Waals surface area contributed by atoms with E-state index in [9.17, 15) is 9.18 Å². The number of nitrogens with zero attached hydrogens (tertiary/aromatic N) is 1. The fraction of sp³-hybridized carbons (Fsp3) is 0.167. The molecule has 0 aliphatic heterocycles. The molecular formula is C12H10FNO2S. The Labute approximate surface area is 102 Å². The Morgan fingerprint density at radius 1 is 1.41 bits per heavy atom. The number of fused-ring (bicyclic) bond motifs is 1. The van der Waals surface area contributed by atoms with Crippen LogP contribution in [0, 0.1) is 5.82 Å². The summed E-state index contributed by atoms with van der Waals surface area (Å²) in [5.41, 5.74) is 0.715. The molecule has 88 valence electrons. The predicted octanol–water partition coefficient (Wildman–Crippen LogP) is 2.94. The van der Waals surface area contributed by atoms with Crippen LogP contribution in [0.25, 0.3) is 10.9 Å². The summed E-state index contributed by atoms with van der Waals surface area (Å²) < 4.78 is 13.1. The Bertz CT molecular complexity index is 559. The van der Waals surface area contributed by atoms with Crippen LogP contribution >= 0.6 is 11.8 Å². The number of rotatable bonds is 4. The highest BCUT2D eigenvalue weighted by Gasteiger charge is 2.05. The Balaban J connectivity index is 2.27. The van der Waals surface area contributed by atoms with Gasteiger partial charge in [-0.25, -0.2) is 4.39 Å². The molecule has 5 heteroatoms. The van der Waals surface area contributed by atoms with Crippen LogP contribution in [-0.2, 0) is 4.79 Å². The van der Waals surface area contributed by atoms with Crippen molar-refractivity contribution in [2.45, 2.75) is 11.3 Å². The molecule has 0 amide bonds. The Hall–Kier alpha value is -1.62. The second kappa shape index (κ2) is 5.14. The van der Waals surface area contributed by atoms with Gasteiger partial charge in [0.05, 0.1) is 11.9 Å². The summed E-state index contributed by atoms with van der Waals surface area (Å²) in [6, 6.07) is 6.17. The number of hydrogen-bond donors (Lipinski definition) is 1. The van der Waals surface area contributed by atoms with Gasteiger partial charge in [0.1, 0.15) is 5.82 Å². The molecule has 0 saturated carbocycles. The first-order chi connectivity index (χ1) is 8.16. The van der Waals surface area contributed by atoms with Crippen molar-refractivity contribution < 1.29 is 14.3 Å². The van der Waals surface area contributed by atoms with E-state index in [1.54, 1.807) is 18.3 Å². The van der Waals surface area contributed by atoms with Crippen LogP contribution in [0.4, 0.5) is 4.39 Å². The lowest BCUT2D eigenvalue weighted by Crippen LogP contribution is -1.96. The SMILES string of the molecule is O=C(O)CCSc1ccnc2ccc(F)cc12. The smallest absolute Gasteiger partial charge is 0.304 e. The van der Waals surface area contributed by atoms with Crippen LogP contribution in [0.1, 0.15) is 6.42 Å². The lowest BCUT2D eigenvalue weighted by molar-refractivity contribution is -0.136. The van der Waals surface area contributed by atoms with E-state index in [-0.39, 0.29) is 12.2 Å². The molecule has 1 aromatic carbocycles. The molecule has 2 aromatic rings. The first-order valence-corrected chi connectivity index (χ1v) is 6.04. The monoisotopic (exact) mass is 251 g/mol. The zero-order valence-electron chi connectivity index (χ0n) is 8.89. The van der Waals surface area contributed by atoms with Crippen molar-refractivity contribution in [3.05, 3.63) is 36.3 Å². The first-order valence-electron chi connectivity index (χ1n) is 5.05. The van der Waals surface area contributed by atoms with E-state index in [4.69, 9.17) is 5.11 Å². The van der Waals surface area contributed by atoms with Crippen LogP contribution in [0.3, 0.4) is 0 Å². The maximum absolute atomic E-state index is 13.1. The normalized spacial score (nSPS) is 10.6. The topological polar surface area (TPSA) is 50.2 Å². The van der Waals surface area contributed by atoms with E-state index < -0.39 is 5.97 Å². The van der Waals surface area contributed by atoms with Crippen LogP contribution in [0.2, 0.25) is 0 Å². The highest BCUT2D eigenvalue weighted by molar-refractivity contribution is 7.99. The molecule has 0 saturated heterocycles. The van der Waals surface area contributed by atoms with E-state index in [0.29, 0.717) is 11.3 Å². The van der Waals surface area contributed by atoms with Gasteiger partial charge in [-0.1, -0.05) is 0 Å². The molecule has 2 rings (SSSR count). The molecule has 0 spiro atoms. The average molecular weight is 251 g/mol. The van der Waals surface area contributed by atoms with E-state index in [2.05, 4.69) is 4.98 Å². The molecule has 0 radical (unpaired) electrons. The van der Waals surface area contributed by atoms with Gasteiger partial charge in [-0.3, -0.25) is 9.78 Å². The summed E-state index contributed by atoms with van der Waals surface area (Å²) in [4.78, 5) is 15.4. The molecular weight excluding hydrogens is 241 g/mol. The van der Waals surface area contributed by atoms with Crippen LogP contribution < -0.4 is 0 Å². The third-order valence-electron chi connectivity index (χ3n) is 2.24. The number of hydrogen-bond acceptors (Lipinski definition) is 3. The highest BCUT2D eigenvalue weighted by atomic mass is 32.2. The van der Waals surface area contributed by atoms with Gasteiger partial charge in [0.2, 0.25) is 0 Å². The van der Waals surface area contributed by atoms with Crippen molar-refractivity contribution in [1.29, 1.82) is 0 Å². The molecule has 0 aliphatic carbocycles. The Morgan fingerprint density at radius 3 is 3.00 bits per heavy atom. The van der Waals surface area contributed by atoms with Crippen molar-refractivity contribution in [3.8, 4) is 0 Å². The van der Waals surface area contributed by atoms with Gasteiger partial charge < -0.3 is 5.11 Å². The lowest BCUT2D eigenvalue weighted by Gasteiger charge is -2.04. The minimum absolute atomic E-state index is 0.0871. The van der Waals surface area contributed by atoms with Gasteiger partial charge in [0.15, 0.2) is 0 Å². The summed E-state index contributed by atoms with van der Waals surface area (Å²) in [6.45, 7) is 0. The number of thioether (sulfide) groups is 1. The van der Waals surface area contributed by atoms with Crippen molar-refractivity contribution in [1.82, 2.24) is 4.98 Å². The molecule has 1 aromatic heterocycles. The maximum atomic E-state index is 13.1. The fourth-order valence-electron chi connectivity index (χ4n) is 1.47. The number of aromatic nitrogens is 1. The number of halogens is 1. The van der Waals surface area contributed by atoms with Crippen molar-refractivity contribution in [2.75, 3.05) is 5.75 Å². The van der Waals surface area contributed by atoms with Crippen molar-refractivity contribution in [3.63, 3.8) is 0 Å². The van der Waals surface area contributed by atoms with Crippen LogP contribution in [0.15, 0.2) is 35.4 Å². The second-order valence-electron chi connectivity index (χ2n) is 3.46. The summed E-state index contributed by atoms with van der Waals surface area (Å²) in [5.74, 6) is -0.682. The molecule has 0 fully saturated rings. The predicted molar refractivity (Wildman–Crippen MR) is 64.7 cm³/mol. The number of aliphatic carboxylic acids is 1. The summed E-state index contributed by atoms with van der Waals surface area (Å²) >= 11 is 1.40. The van der Waals surface area contributed by atoms with E-state index in [0.717, 1.165) is 10.3 Å². The number of carboxylic acid groups (broad SMARTS) is 1. The summed E-state index contributed by atoms with van der Waals surface area (Å²) in [6.07, 6.45) is 1.73. The molecule has 0 atom stereocenters. The number of benzene rings is 1. The van der Waals surface area contributed by atoms with E-state index in [1.807, 2.05) is 0 Å². The van der Waals surface area contributed by atoms with Crippen LogP contribution in [0.5, 0.6) is 0 Å². The zero-order chi connectivity index (χ0) is 12.3. The Morgan fingerprint density at radius 2 is 2.24 bits per heavy atom. The third-order valence-corrected chi connectivity index (χ3v) is 3.31. The largest absolute Gasteiger partial charge is 0.481 e. The molecule has 0 unspecified atom stereocenters. The molecule has 1 heterocycles. The second-order valence-corrected chi connectivity index (χ2v) is 4.60. The minimum atomic E-state index is -0.831. The Kier molecular flexibility index (Phi) is 3.58. The fourth-order valence-corrected chi connectivity index (χ4v) is 2.44. The van der Waals surface area contributed by atoms with Gasteiger partial charge in [-0.2, -0.15) is 0 Å². The minimum Gasteiger partial charge on any atom is -0.481 e. The molecule has 3 nitrogen and oxygen atoms in total.